The van der Waals surface area contributed by atoms with E-state index in [0.717, 1.165) is 12.1 Å². The van der Waals surface area contributed by atoms with Crippen LogP contribution in [0, 0.1) is 10.1 Å². The summed E-state index contributed by atoms with van der Waals surface area (Å²) in [5.74, 6) is 0.265. The summed E-state index contributed by atoms with van der Waals surface area (Å²) in [5.41, 5.74) is 0.383. The zero-order valence-corrected chi connectivity index (χ0v) is 12.3. The lowest BCUT2D eigenvalue weighted by Crippen LogP contribution is -2.39. The van der Waals surface area contributed by atoms with Crippen LogP contribution in [0.25, 0.3) is 0 Å². The van der Waals surface area contributed by atoms with E-state index >= 15 is 0 Å². The molecule has 0 saturated carbocycles. The van der Waals surface area contributed by atoms with Crippen LogP contribution >= 0.6 is 0 Å². The smallest absolute Gasteiger partial charge is 0.311 e. The Bertz CT molecular complexity index is 500. The van der Waals surface area contributed by atoms with Gasteiger partial charge in [-0.1, -0.05) is 0 Å². The van der Waals surface area contributed by atoms with Crippen molar-refractivity contribution in [2.45, 2.75) is 18.9 Å². The zero-order chi connectivity index (χ0) is 15.3. The fourth-order valence-corrected chi connectivity index (χ4v) is 2.27. The van der Waals surface area contributed by atoms with E-state index in [1.54, 1.807) is 26.2 Å². The predicted molar refractivity (Wildman–Crippen MR) is 77.9 cm³/mol. The Balaban J connectivity index is 2.09. The normalized spacial score (nSPS) is 21.2. The summed E-state index contributed by atoms with van der Waals surface area (Å²) in [5, 5.41) is 14.2. The molecular formula is C14H20N2O5. The number of anilines is 1. The number of hydrogen-bond donors (Lipinski definition) is 1. The first kappa shape index (κ1) is 15.5. The van der Waals surface area contributed by atoms with Gasteiger partial charge in [0.15, 0.2) is 5.75 Å². The number of nitro groups is 1. The van der Waals surface area contributed by atoms with Crippen LogP contribution < -0.4 is 10.1 Å². The summed E-state index contributed by atoms with van der Waals surface area (Å²) in [6.07, 6.45) is 0.821. The summed E-state index contributed by atoms with van der Waals surface area (Å²) in [4.78, 5) is 10.5. The molecule has 7 nitrogen and oxygen atoms in total. The van der Waals surface area contributed by atoms with E-state index in [-0.39, 0.29) is 17.0 Å². The number of nitrogens with one attached hydrogen (secondary N) is 1. The molecule has 0 aromatic heterocycles. The number of hydrogen-bond acceptors (Lipinski definition) is 6. The monoisotopic (exact) mass is 296 g/mol. The minimum Gasteiger partial charge on any atom is -0.487 e. The maximum Gasteiger partial charge on any atom is 0.311 e. The van der Waals surface area contributed by atoms with Crippen molar-refractivity contribution in [3.8, 4) is 5.75 Å². The largest absolute Gasteiger partial charge is 0.487 e. The van der Waals surface area contributed by atoms with Gasteiger partial charge in [-0.05, 0) is 13.0 Å². The van der Waals surface area contributed by atoms with E-state index in [9.17, 15) is 10.1 Å². The molecule has 21 heavy (non-hydrogen) atoms. The zero-order valence-electron chi connectivity index (χ0n) is 12.3. The van der Waals surface area contributed by atoms with Gasteiger partial charge in [-0.15, -0.1) is 0 Å². The maximum atomic E-state index is 10.9. The molecule has 7 heteroatoms. The second-order valence-corrected chi connectivity index (χ2v) is 4.92. The van der Waals surface area contributed by atoms with Gasteiger partial charge in [-0.3, -0.25) is 10.1 Å². The number of nitrogens with zero attached hydrogens (tertiary/aromatic N) is 1. The van der Waals surface area contributed by atoms with Crippen molar-refractivity contribution in [2.75, 3.05) is 38.8 Å². The van der Waals surface area contributed by atoms with Crippen LogP contribution in [-0.4, -0.2) is 44.0 Å². The molecule has 116 valence electrons. The Morgan fingerprint density at radius 3 is 2.90 bits per heavy atom. The highest BCUT2D eigenvalue weighted by molar-refractivity contribution is 5.58. The first-order valence-corrected chi connectivity index (χ1v) is 6.88. The van der Waals surface area contributed by atoms with Crippen molar-refractivity contribution in [3.05, 3.63) is 28.3 Å². The van der Waals surface area contributed by atoms with E-state index in [0.29, 0.717) is 26.4 Å². The van der Waals surface area contributed by atoms with Crippen molar-refractivity contribution in [2.24, 2.45) is 0 Å². The highest BCUT2D eigenvalue weighted by Crippen LogP contribution is 2.31. The maximum absolute atomic E-state index is 10.9. The van der Waals surface area contributed by atoms with Crippen molar-refractivity contribution >= 4 is 11.4 Å². The van der Waals surface area contributed by atoms with Crippen LogP contribution in [0.4, 0.5) is 11.4 Å². The van der Waals surface area contributed by atoms with Gasteiger partial charge in [0.1, 0.15) is 5.60 Å². The molecule has 0 aliphatic carbocycles. The Hall–Kier alpha value is -1.86. The molecule has 0 amide bonds. The second-order valence-electron chi connectivity index (χ2n) is 4.92. The van der Waals surface area contributed by atoms with E-state index < -0.39 is 4.92 Å². The third-order valence-corrected chi connectivity index (χ3v) is 3.57. The Morgan fingerprint density at radius 1 is 1.52 bits per heavy atom. The van der Waals surface area contributed by atoms with Crippen LogP contribution in [0.1, 0.15) is 13.3 Å². The lowest BCUT2D eigenvalue weighted by molar-refractivity contribution is -0.385. The van der Waals surface area contributed by atoms with Crippen molar-refractivity contribution in [1.29, 1.82) is 0 Å². The van der Waals surface area contributed by atoms with Gasteiger partial charge in [0.2, 0.25) is 0 Å². The molecule has 1 saturated heterocycles. The van der Waals surface area contributed by atoms with Crippen molar-refractivity contribution in [3.63, 3.8) is 0 Å². The average Bonchev–Trinajstić information content (AvgIpc) is 2.95. The van der Waals surface area contributed by atoms with Crippen LogP contribution in [0.2, 0.25) is 0 Å². The van der Waals surface area contributed by atoms with E-state index in [1.165, 1.54) is 6.07 Å². The number of ether oxygens (including phenoxy) is 3. The molecule has 1 aromatic carbocycles. The molecule has 1 N–H and O–H groups in total. The molecule has 1 unspecified atom stereocenters. The summed E-state index contributed by atoms with van der Waals surface area (Å²) in [7, 11) is 1.66. The van der Waals surface area contributed by atoms with Gasteiger partial charge < -0.3 is 19.5 Å². The lowest BCUT2D eigenvalue weighted by atomic mass is 10.0. The Morgan fingerprint density at radius 2 is 2.33 bits per heavy atom. The van der Waals surface area contributed by atoms with Gasteiger partial charge in [0, 0.05) is 44.5 Å². The predicted octanol–water partition coefficient (Wildman–Crippen LogP) is 2.21. The molecule has 0 spiro atoms. The highest BCUT2D eigenvalue weighted by atomic mass is 16.6. The molecular weight excluding hydrogens is 276 g/mol. The summed E-state index contributed by atoms with van der Waals surface area (Å²) in [6, 6.07) is 4.75. The molecule has 1 fully saturated rings. The Kier molecular flexibility index (Phi) is 4.98. The Labute approximate surface area is 123 Å². The lowest BCUT2D eigenvalue weighted by Gasteiger charge is -2.26. The fourth-order valence-electron chi connectivity index (χ4n) is 2.27. The van der Waals surface area contributed by atoms with Gasteiger partial charge in [-0.25, -0.2) is 0 Å². The van der Waals surface area contributed by atoms with Crippen LogP contribution in [0.5, 0.6) is 5.75 Å². The van der Waals surface area contributed by atoms with Crippen LogP contribution in [-0.2, 0) is 9.47 Å². The molecule has 0 radical (unpaired) electrons. The standard InChI is InChI=1S/C14H20N2O5/c1-3-21-13-8-11(4-5-12(13)16(17)18)15-9-14(19-2)6-7-20-10-14/h4-5,8,15H,3,6-7,9-10H2,1-2H3. The minimum atomic E-state index is -0.448. The first-order chi connectivity index (χ1) is 10.1. The van der Waals surface area contributed by atoms with E-state index in [4.69, 9.17) is 14.2 Å². The van der Waals surface area contributed by atoms with E-state index in [1.807, 2.05) is 0 Å². The third kappa shape index (κ3) is 3.62. The van der Waals surface area contributed by atoms with Gasteiger partial charge in [-0.2, -0.15) is 0 Å². The number of methoxy groups -OCH3 is 1. The minimum absolute atomic E-state index is 0.0342. The van der Waals surface area contributed by atoms with Gasteiger partial charge >= 0.3 is 5.69 Å². The molecule has 1 aliphatic heterocycles. The molecule has 2 rings (SSSR count). The quantitative estimate of drug-likeness (QED) is 0.613. The number of rotatable bonds is 7. The van der Waals surface area contributed by atoms with Crippen molar-refractivity contribution in [1.82, 2.24) is 0 Å². The first-order valence-electron chi connectivity index (χ1n) is 6.88. The van der Waals surface area contributed by atoms with Crippen molar-refractivity contribution < 1.29 is 19.1 Å². The van der Waals surface area contributed by atoms with Crippen LogP contribution in [0.15, 0.2) is 18.2 Å². The number of benzene rings is 1. The van der Waals surface area contributed by atoms with Gasteiger partial charge in [0.05, 0.1) is 18.1 Å². The van der Waals surface area contributed by atoms with E-state index in [2.05, 4.69) is 5.32 Å². The summed E-state index contributed by atoms with van der Waals surface area (Å²) in [6.45, 7) is 3.97. The average molecular weight is 296 g/mol. The molecule has 1 atom stereocenters. The summed E-state index contributed by atoms with van der Waals surface area (Å²) < 4.78 is 16.2. The molecule has 0 bridgehead atoms. The molecule has 1 heterocycles. The van der Waals surface area contributed by atoms with Gasteiger partial charge in [0.25, 0.3) is 0 Å². The highest BCUT2D eigenvalue weighted by Gasteiger charge is 2.34. The topological polar surface area (TPSA) is 82.9 Å². The molecule has 1 aliphatic rings. The number of nitro benzene ring substituents is 1. The fraction of sp³-hybridized carbons (Fsp3) is 0.571. The third-order valence-electron chi connectivity index (χ3n) is 3.57. The SMILES string of the molecule is CCOc1cc(NCC2(OC)CCOC2)ccc1[N+](=O)[O-]. The second kappa shape index (κ2) is 6.73. The van der Waals surface area contributed by atoms with Crippen LogP contribution in [0.3, 0.4) is 0 Å². The molecule has 1 aromatic rings. The summed E-state index contributed by atoms with van der Waals surface area (Å²) >= 11 is 0.